The molecular weight excluding hydrogens is 264 g/mol. The molecule has 0 radical (unpaired) electrons. The largest absolute Gasteiger partial charge is 0.462 e. The summed E-state index contributed by atoms with van der Waals surface area (Å²) in [5, 5.41) is 3.09. The number of carbonyl (C=O) groups is 2. The van der Waals surface area contributed by atoms with Crippen molar-refractivity contribution < 1.29 is 14.3 Å². The van der Waals surface area contributed by atoms with Crippen LogP contribution in [0, 0.1) is 0 Å². The van der Waals surface area contributed by atoms with Gasteiger partial charge in [0.1, 0.15) is 4.88 Å². The SMILES string of the molecule is CCCc1c(C(=O)OCC)sc(N)c1C(=O)NCC. The van der Waals surface area contributed by atoms with Crippen LogP contribution in [0.5, 0.6) is 0 Å². The lowest BCUT2D eigenvalue weighted by Gasteiger charge is -2.06. The van der Waals surface area contributed by atoms with Gasteiger partial charge in [0.15, 0.2) is 0 Å². The number of anilines is 1. The van der Waals surface area contributed by atoms with Crippen LogP contribution < -0.4 is 11.1 Å². The monoisotopic (exact) mass is 284 g/mol. The zero-order valence-electron chi connectivity index (χ0n) is 11.5. The highest BCUT2D eigenvalue weighted by atomic mass is 32.1. The smallest absolute Gasteiger partial charge is 0.348 e. The second kappa shape index (κ2) is 7.13. The minimum Gasteiger partial charge on any atom is -0.462 e. The van der Waals surface area contributed by atoms with Crippen LogP contribution in [0.2, 0.25) is 0 Å². The zero-order valence-corrected chi connectivity index (χ0v) is 12.4. The molecule has 0 atom stereocenters. The predicted octanol–water partition coefficient (Wildman–Crippen LogP) is 2.21. The Morgan fingerprint density at radius 1 is 1.32 bits per heavy atom. The quantitative estimate of drug-likeness (QED) is 0.785. The van der Waals surface area contributed by atoms with Gasteiger partial charge in [0, 0.05) is 6.54 Å². The number of amides is 1. The maximum atomic E-state index is 12.0. The summed E-state index contributed by atoms with van der Waals surface area (Å²) in [5.74, 6) is -0.631. The van der Waals surface area contributed by atoms with Crippen molar-refractivity contribution in [3.8, 4) is 0 Å². The second-order valence-electron chi connectivity index (χ2n) is 3.98. The van der Waals surface area contributed by atoms with Gasteiger partial charge in [-0.2, -0.15) is 0 Å². The van der Waals surface area contributed by atoms with E-state index in [4.69, 9.17) is 10.5 Å². The summed E-state index contributed by atoms with van der Waals surface area (Å²) in [7, 11) is 0. The molecule has 0 aliphatic rings. The summed E-state index contributed by atoms with van der Waals surface area (Å²) >= 11 is 1.13. The van der Waals surface area contributed by atoms with E-state index in [0.717, 1.165) is 17.8 Å². The lowest BCUT2D eigenvalue weighted by atomic mass is 10.0. The molecule has 0 aliphatic carbocycles. The highest BCUT2D eigenvalue weighted by Crippen LogP contribution is 2.32. The van der Waals surface area contributed by atoms with Crippen molar-refractivity contribution in [1.29, 1.82) is 0 Å². The van der Waals surface area contributed by atoms with E-state index in [2.05, 4.69) is 5.32 Å². The van der Waals surface area contributed by atoms with Crippen molar-refractivity contribution in [2.24, 2.45) is 0 Å². The Hall–Kier alpha value is -1.56. The third-order valence-electron chi connectivity index (χ3n) is 2.56. The first-order valence-electron chi connectivity index (χ1n) is 6.43. The molecule has 0 unspecified atom stereocenters. The number of nitrogen functional groups attached to an aromatic ring is 1. The number of ether oxygens (including phenoxy) is 1. The minimum absolute atomic E-state index is 0.227. The highest BCUT2D eigenvalue weighted by Gasteiger charge is 2.25. The zero-order chi connectivity index (χ0) is 14.4. The van der Waals surface area contributed by atoms with Gasteiger partial charge < -0.3 is 15.8 Å². The first-order valence-corrected chi connectivity index (χ1v) is 7.24. The number of thiophene rings is 1. The summed E-state index contributed by atoms with van der Waals surface area (Å²) in [6, 6.07) is 0. The van der Waals surface area contributed by atoms with Gasteiger partial charge in [-0.05, 0) is 25.8 Å². The van der Waals surface area contributed by atoms with E-state index in [1.165, 1.54) is 0 Å². The van der Waals surface area contributed by atoms with Crippen molar-refractivity contribution in [2.75, 3.05) is 18.9 Å². The fourth-order valence-electron chi connectivity index (χ4n) is 1.83. The third kappa shape index (κ3) is 3.47. The van der Waals surface area contributed by atoms with Crippen LogP contribution >= 0.6 is 11.3 Å². The summed E-state index contributed by atoms with van der Waals surface area (Å²) in [6.45, 7) is 6.41. The summed E-state index contributed by atoms with van der Waals surface area (Å²) in [4.78, 5) is 24.4. The van der Waals surface area contributed by atoms with Gasteiger partial charge in [-0.3, -0.25) is 4.79 Å². The van der Waals surface area contributed by atoms with Crippen molar-refractivity contribution in [1.82, 2.24) is 5.32 Å². The molecule has 6 heteroatoms. The number of nitrogens with two attached hydrogens (primary N) is 1. The Balaban J connectivity index is 3.23. The molecule has 1 rings (SSSR count). The van der Waals surface area contributed by atoms with Crippen LogP contribution in [-0.2, 0) is 11.2 Å². The van der Waals surface area contributed by atoms with Crippen molar-refractivity contribution >= 4 is 28.2 Å². The van der Waals surface area contributed by atoms with E-state index in [1.807, 2.05) is 13.8 Å². The lowest BCUT2D eigenvalue weighted by Crippen LogP contribution is -2.24. The predicted molar refractivity (Wildman–Crippen MR) is 76.7 cm³/mol. The van der Waals surface area contributed by atoms with Crippen LogP contribution in [0.3, 0.4) is 0 Å². The minimum atomic E-state index is -0.404. The third-order valence-corrected chi connectivity index (χ3v) is 3.60. The maximum absolute atomic E-state index is 12.0. The molecule has 19 heavy (non-hydrogen) atoms. The number of hydrogen-bond acceptors (Lipinski definition) is 5. The van der Waals surface area contributed by atoms with Gasteiger partial charge in [0.2, 0.25) is 0 Å². The number of rotatable bonds is 6. The van der Waals surface area contributed by atoms with Crippen molar-refractivity contribution in [3.05, 3.63) is 16.0 Å². The number of nitrogens with one attached hydrogen (secondary N) is 1. The van der Waals surface area contributed by atoms with Gasteiger partial charge in [0.25, 0.3) is 5.91 Å². The Kier molecular flexibility index (Phi) is 5.82. The number of carbonyl (C=O) groups excluding carboxylic acids is 2. The highest BCUT2D eigenvalue weighted by molar-refractivity contribution is 7.18. The molecule has 106 valence electrons. The van der Waals surface area contributed by atoms with E-state index in [-0.39, 0.29) is 5.91 Å². The van der Waals surface area contributed by atoms with E-state index in [1.54, 1.807) is 6.92 Å². The molecule has 1 aromatic heterocycles. The fraction of sp³-hybridized carbons (Fsp3) is 0.538. The van der Waals surface area contributed by atoms with Gasteiger partial charge in [-0.25, -0.2) is 4.79 Å². The second-order valence-corrected chi connectivity index (χ2v) is 5.03. The summed E-state index contributed by atoms with van der Waals surface area (Å²) in [5.41, 5.74) is 7.02. The van der Waals surface area contributed by atoms with E-state index < -0.39 is 5.97 Å². The van der Waals surface area contributed by atoms with Crippen LogP contribution in [0.15, 0.2) is 0 Å². The number of esters is 1. The molecule has 1 aromatic rings. The Bertz CT molecular complexity index is 469. The van der Waals surface area contributed by atoms with Crippen LogP contribution in [0.1, 0.15) is 52.8 Å². The molecule has 0 saturated carbocycles. The van der Waals surface area contributed by atoms with E-state index in [9.17, 15) is 9.59 Å². The van der Waals surface area contributed by atoms with Gasteiger partial charge >= 0.3 is 5.97 Å². The fourth-order valence-corrected chi connectivity index (χ4v) is 2.84. The molecule has 0 fully saturated rings. The molecule has 0 aromatic carbocycles. The number of hydrogen-bond donors (Lipinski definition) is 2. The Labute approximate surface area is 117 Å². The van der Waals surface area contributed by atoms with Crippen molar-refractivity contribution in [3.63, 3.8) is 0 Å². The van der Waals surface area contributed by atoms with Gasteiger partial charge in [-0.1, -0.05) is 13.3 Å². The molecule has 5 nitrogen and oxygen atoms in total. The molecule has 0 aliphatic heterocycles. The summed E-state index contributed by atoms with van der Waals surface area (Å²) < 4.78 is 5.01. The first-order chi connectivity index (χ1) is 9.06. The van der Waals surface area contributed by atoms with Crippen molar-refractivity contribution in [2.45, 2.75) is 33.6 Å². The molecule has 0 bridgehead atoms. The Morgan fingerprint density at radius 3 is 2.53 bits per heavy atom. The van der Waals surface area contributed by atoms with Crippen LogP contribution in [0.4, 0.5) is 5.00 Å². The maximum Gasteiger partial charge on any atom is 0.348 e. The van der Waals surface area contributed by atoms with Gasteiger partial charge in [0.05, 0.1) is 17.2 Å². The van der Waals surface area contributed by atoms with E-state index in [0.29, 0.717) is 40.6 Å². The molecule has 3 N–H and O–H groups in total. The molecule has 1 heterocycles. The lowest BCUT2D eigenvalue weighted by molar-refractivity contribution is 0.0531. The van der Waals surface area contributed by atoms with Crippen LogP contribution in [0.25, 0.3) is 0 Å². The topological polar surface area (TPSA) is 81.4 Å². The average molecular weight is 284 g/mol. The standard InChI is InChI=1S/C13H20N2O3S/c1-4-7-8-9(12(16)15-5-2)11(14)19-10(8)13(17)18-6-3/h4-7,14H2,1-3H3,(H,15,16). The molecule has 1 amide bonds. The molecular formula is C13H20N2O3S. The normalized spacial score (nSPS) is 10.3. The van der Waals surface area contributed by atoms with Gasteiger partial charge in [-0.15, -0.1) is 11.3 Å². The van der Waals surface area contributed by atoms with Crippen LogP contribution in [-0.4, -0.2) is 25.0 Å². The molecule has 0 saturated heterocycles. The summed E-state index contributed by atoms with van der Waals surface area (Å²) in [6.07, 6.45) is 1.46. The van der Waals surface area contributed by atoms with E-state index >= 15 is 0 Å². The molecule has 0 spiro atoms. The average Bonchev–Trinajstić information content (AvgIpc) is 2.67. The Morgan fingerprint density at radius 2 is 2.00 bits per heavy atom. The first kappa shape index (κ1) is 15.5.